The van der Waals surface area contributed by atoms with Crippen LogP contribution in [0.3, 0.4) is 0 Å². The number of hydrogen-bond acceptors (Lipinski definition) is 2. The molecular weight excluding hydrogens is 258 g/mol. The maximum Gasteiger partial charge on any atom is 0.119 e. The van der Waals surface area contributed by atoms with Gasteiger partial charge in [0.15, 0.2) is 0 Å². The Bertz CT molecular complexity index is 484. The first-order valence-corrected chi connectivity index (χ1v) is 8.63. The summed E-state index contributed by atoms with van der Waals surface area (Å²) in [6.07, 6.45) is 7.46. The highest BCUT2D eigenvalue weighted by Crippen LogP contribution is 2.54. The van der Waals surface area contributed by atoms with Gasteiger partial charge in [0.05, 0.1) is 7.11 Å². The molecule has 0 aromatic heterocycles. The summed E-state index contributed by atoms with van der Waals surface area (Å²) in [4.78, 5) is 0. The summed E-state index contributed by atoms with van der Waals surface area (Å²) in [5.74, 6) is 4.95. The van der Waals surface area contributed by atoms with Gasteiger partial charge in [0, 0.05) is 12.1 Å². The smallest absolute Gasteiger partial charge is 0.119 e. The van der Waals surface area contributed by atoms with Crippen LogP contribution in [-0.4, -0.2) is 13.2 Å². The molecule has 1 aromatic carbocycles. The van der Waals surface area contributed by atoms with Gasteiger partial charge in [0.1, 0.15) is 5.75 Å². The van der Waals surface area contributed by atoms with Gasteiger partial charge in [-0.1, -0.05) is 12.1 Å². The highest BCUT2D eigenvalue weighted by atomic mass is 16.5. The molecule has 0 saturated heterocycles. The van der Waals surface area contributed by atoms with E-state index < -0.39 is 0 Å². The van der Waals surface area contributed by atoms with Crippen LogP contribution in [0.2, 0.25) is 0 Å². The lowest BCUT2D eigenvalue weighted by Crippen LogP contribution is -2.54. The fourth-order valence-corrected chi connectivity index (χ4v) is 5.49. The predicted molar refractivity (Wildman–Crippen MR) is 85.4 cm³/mol. The summed E-state index contributed by atoms with van der Waals surface area (Å²) in [5.41, 5.74) is 1.35. The summed E-state index contributed by atoms with van der Waals surface area (Å²) in [5, 5.41) is 3.97. The van der Waals surface area contributed by atoms with E-state index in [1.54, 1.807) is 7.11 Å². The van der Waals surface area contributed by atoms with E-state index in [2.05, 4.69) is 30.4 Å². The van der Waals surface area contributed by atoms with Crippen LogP contribution in [0.5, 0.6) is 5.75 Å². The zero-order valence-corrected chi connectivity index (χ0v) is 13.2. The molecule has 0 heterocycles. The van der Waals surface area contributed by atoms with Crippen molar-refractivity contribution in [2.45, 2.75) is 51.1 Å². The summed E-state index contributed by atoms with van der Waals surface area (Å²) >= 11 is 0. The lowest BCUT2D eigenvalue weighted by atomic mass is 9.54. The molecule has 4 bridgehead atoms. The summed E-state index contributed by atoms with van der Waals surface area (Å²) in [6.45, 7) is 2.31. The third-order valence-electron chi connectivity index (χ3n) is 6.26. The van der Waals surface area contributed by atoms with Crippen molar-refractivity contribution >= 4 is 0 Å². The van der Waals surface area contributed by atoms with Gasteiger partial charge in [-0.25, -0.2) is 0 Å². The molecule has 5 rings (SSSR count). The Morgan fingerprint density at radius 1 is 1.05 bits per heavy atom. The number of benzene rings is 1. The molecule has 21 heavy (non-hydrogen) atoms. The summed E-state index contributed by atoms with van der Waals surface area (Å²) < 4.78 is 5.36. The molecule has 0 radical (unpaired) electrons. The van der Waals surface area contributed by atoms with Gasteiger partial charge in [-0.05, 0) is 80.4 Å². The fourth-order valence-electron chi connectivity index (χ4n) is 5.49. The van der Waals surface area contributed by atoms with Crippen LogP contribution in [0.25, 0.3) is 0 Å². The highest BCUT2D eigenvalue weighted by molar-refractivity contribution is 5.30. The maximum absolute atomic E-state index is 5.36. The largest absolute Gasteiger partial charge is 0.497 e. The molecule has 4 fully saturated rings. The molecule has 4 saturated carbocycles. The van der Waals surface area contributed by atoms with Crippen molar-refractivity contribution in [2.24, 2.45) is 23.7 Å². The highest BCUT2D eigenvalue weighted by Gasteiger charge is 2.48. The second kappa shape index (κ2) is 5.31. The summed E-state index contributed by atoms with van der Waals surface area (Å²) in [7, 11) is 1.75. The van der Waals surface area contributed by atoms with Crippen LogP contribution in [-0.2, 0) is 0 Å². The molecule has 2 nitrogen and oxygen atoms in total. The molecule has 0 amide bonds. The van der Waals surface area contributed by atoms with Crippen LogP contribution >= 0.6 is 0 Å². The van der Waals surface area contributed by atoms with Crippen molar-refractivity contribution in [3.63, 3.8) is 0 Å². The van der Waals surface area contributed by atoms with E-state index in [4.69, 9.17) is 4.74 Å². The monoisotopic (exact) mass is 285 g/mol. The summed E-state index contributed by atoms with van der Waals surface area (Å²) in [6, 6.07) is 9.69. The van der Waals surface area contributed by atoms with E-state index in [1.165, 1.54) is 37.7 Å². The Hall–Kier alpha value is -1.02. The van der Waals surface area contributed by atoms with Gasteiger partial charge >= 0.3 is 0 Å². The molecule has 1 unspecified atom stereocenters. The van der Waals surface area contributed by atoms with Crippen LogP contribution in [0.15, 0.2) is 24.3 Å². The molecule has 1 N–H and O–H groups in total. The Morgan fingerprint density at radius 3 is 2.33 bits per heavy atom. The minimum Gasteiger partial charge on any atom is -0.497 e. The number of nitrogens with one attached hydrogen (secondary N) is 1. The zero-order chi connectivity index (χ0) is 14.4. The molecule has 4 aliphatic carbocycles. The molecular formula is C19H27NO. The molecule has 2 heteroatoms. The number of rotatable bonds is 4. The Labute approximate surface area is 128 Å². The Kier molecular flexibility index (Phi) is 3.45. The van der Waals surface area contributed by atoms with Gasteiger partial charge in [-0.15, -0.1) is 0 Å². The van der Waals surface area contributed by atoms with E-state index in [0.717, 1.165) is 35.5 Å². The average molecular weight is 285 g/mol. The third kappa shape index (κ3) is 2.48. The van der Waals surface area contributed by atoms with Crippen LogP contribution < -0.4 is 10.1 Å². The van der Waals surface area contributed by atoms with Crippen molar-refractivity contribution in [1.82, 2.24) is 5.32 Å². The Balaban J connectivity index is 1.48. The van der Waals surface area contributed by atoms with Gasteiger partial charge in [0.25, 0.3) is 0 Å². The van der Waals surface area contributed by atoms with Gasteiger partial charge in [-0.3, -0.25) is 0 Å². The molecule has 0 aliphatic heterocycles. The minimum absolute atomic E-state index is 0.419. The number of ether oxygens (including phenoxy) is 1. The first-order valence-electron chi connectivity index (χ1n) is 8.63. The van der Waals surface area contributed by atoms with Crippen molar-refractivity contribution < 1.29 is 4.74 Å². The minimum atomic E-state index is 0.419. The van der Waals surface area contributed by atoms with Gasteiger partial charge < -0.3 is 10.1 Å². The second-order valence-electron chi connectivity index (χ2n) is 7.62. The van der Waals surface area contributed by atoms with Crippen molar-refractivity contribution in [3.8, 4) is 5.75 Å². The van der Waals surface area contributed by atoms with E-state index in [0.29, 0.717) is 6.04 Å². The van der Waals surface area contributed by atoms with Crippen LogP contribution in [0.4, 0.5) is 0 Å². The van der Waals surface area contributed by atoms with E-state index in [-0.39, 0.29) is 0 Å². The third-order valence-corrected chi connectivity index (χ3v) is 6.26. The van der Waals surface area contributed by atoms with Gasteiger partial charge in [-0.2, -0.15) is 0 Å². The molecule has 1 aromatic rings. The van der Waals surface area contributed by atoms with Crippen LogP contribution in [0.1, 0.15) is 50.6 Å². The van der Waals surface area contributed by atoms with E-state index in [1.807, 2.05) is 6.07 Å². The first-order chi connectivity index (χ1) is 10.2. The maximum atomic E-state index is 5.36. The quantitative estimate of drug-likeness (QED) is 0.896. The lowest BCUT2D eigenvalue weighted by molar-refractivity contribution is -0.0171. The second-order valence-corrected chi connectivity index (χ2v) is 7.62. The van der Waals surface area contributed by atoms with Crippen molar-refractivity contribution in [2.75, 3.05) is 7.11 Å². The average Bonchev–Trinajstić information content (AvgIpc) is 2.50. The molecule has 114 valence electrons. The Morgan fingerprint density at radius 2 is 1.71 bits per heavy atom. The van der Waals surface area contributed by atoms with Crippen molar-refractivity contribution in [1.29, 1.82) is 0 Å². The SMILES string of the molecule is COc1cccc(C(C)NC2C3CC4CC(C3)CC2C4)c1. The fraction of sp³-hybridized carbons (Fsp3) is 0.684. The lowest BCUT2D eigenvalue weighted by Gasteiger charge is -2.55. The normalized spacial score (nSPS) is 38.5. The molecule has 4 aliphatic rings. The predicted octanol–water partition coefficient (Wildman–Crippen LogP) is 4.17. The molecule has 0 spiro atoms. The van der Waals surface area contributed by atoms with Gasteiger partial charge in [0.2, 0.25) is 0 Å². The van der Waals surface area contributed by atoms with E-state index in [9.17, 15) is 0 Å². The van der Waals surface area contributed by atoms with E-state index >= 15 is 0 Å². The number of hydrogen-bond donors (Lipinski definition) is 1. The zero-order valence-electron chi connectivity index (χ0n) is 13.2. The first kappa shape index (κ1) is 13.6. The van der Waals surface area contributed by atoms with Crippen molar-refractivity contribution in [3.05, 3.63) is 29.8 Å². The standard InChI is InChI=1S/C19H27NO/c1-12(15-4-3-5-18(11-15)21-2)20-19-16-7-13-6-14(9-16)10-17(19)8-13/h3-5,11-14,16-17,19-20H,6-10H2,1-2H3. The number of methoxy groups -OCH3 is 1. The molecule has 1 atom stereocenters. The van der Waals surface area contributed by atoms with Crippen LogP contribution in [0, 0.1) is 23.7 Å². The topological polar surface area (TPSA) is 21.3 Å².